The van der Waals surface area contributed by atoms with E-state index in [4.69, 9.17) is 0 Å². The van der Waals surface area contributed by atoms with Crippen LogP contribution >= 0.6 is 0 Å². The predicted molar refractivity (Wildman–Crippen MR) is 77.1 cm³/mol. The van der Waals surface area contributed by atoms with Crippen LogP contribution in [0, 0.1) is 0 Å². The maximum Gasteiger partial charge on any atom is 0.129 e. The lowest BCUT2D eigenvalue weighted by molar-refractivity contribution is 0.768. The Balaban J connectivity index is 1.91. The number of para-hydroxylation sites is 2. The Morgan fingerprint density at radius 3 is 2.63 bits per heavy atom. The molecule has 0 aliphatic heterocycles. The van der Waals surface area contributed by atoms with Crippen molar-refractivity contribution in [1.29, 1.82) is 0 Å². The number of aryl methyl sites for hydroxylation is 1. The van der Waals surface area contributed by atoms with Crippen LogP contribution < -0.4 is 4.90 Å². The number of benzene rings is 1. The highest BCUT2D eigenvalue weighted by atomic mass is 15.2. The highest BCUT2D eigenvalue weighted by molar-refractivity contribution is 5.75. The average molecular weight is 252 g/mol. The second-order valence-electron chi connectivity index (χ2n) is 4.62. The average Bonchev–Trinajstić information content (AvgIpc) is 2.77. The number of nitrogens with zero attached hydrogens (tertiary/aromatic N) is 4. The number of pyridine rings is 1. The number of aromatic nitrogens is 3. The molecule has 0 saturated heterocycles. The summed E-state index contributed by atoms with van der Waals surface area (Å²) in [6.07, 6.45) is 1.81. The van der Waals surface area contributed by atoms with Crippen LogP contribution in [0.2, 0.25) is 0 Å². The zero-order valence-electron chi connectivity index (χ0n) is 11.1. The molecule has 0 unspecified atom stereocenters. The van der Waals surface area contributed by atoms with E-state index in [1.165, 1.54) is 0 Å². The van der Waals surface area contributed by atoms with Crippen LogP contribution in [0.4, 0.5) is 5.82 Å². The van der Waals surface area contributed by atoms with Gasteiger partial charge in [0.2, 0.25) is 0 Å². The van der Waals surface area contributed by atoms with Gasteiger partial charge >= 0.3 is 0 Å². The molecule has 0 radical (unpaired) electrons. The summed E-state index contributed by atoms with van der Waals surface area (Å²) in [5.41, 5.74) is 2.20. The lowest BCUT2D eigenvalue weighted by Crippen LogP contribution is -2.19. The summed E-state index contributed by atoms with van der Waals surface area (Å²) >= 11 is 0. The van der Waals surface area contributed by atoms with Crippen molar-refractivity contribution in [3.63, 3.8) is 0 Å². The molecule has 0 bridgehead atoms. The van der Waals surface area contributed by atoms with E-state index in [-0.39, 0.29) is 0 Å². The molecule has 4 nitrogen and oxygen atoms in total. The topological polar surface area (TPSA) is 34.0 Å². The summed E-state index contributed by atoms with van der Waals surface area (Å²) in [5.74, 6) is 1.99. The Hall–Kier alpha value is -2.36. The molecule has 0 N–H and O–H groups in total. The second-order valence-corrected chi connectivity index (χ2v) is 4.62. The van der Waals surface area contributed by atoms with Gasteiger partial charge in [0.25, 0.3) is 0 Å². The van der Waals surface area contributed by atoms with Crippen molar-refractivity contribution >= 4 is 16.9 Å². The van der Waals surface area contributed by atoms with Gasteiger partial charge in [0, 0.05) is 20.3 Å². The number of imidazole rings is 1. The summed E-state index contributed by atoms with van der Waals surface area (Å²) in [6.45, 7) is 0.738. The van der Waals surface area contributed by atoms with E-state index < -0.39 is 0 Å². The summed E-state index contributed by atoms with van der Waals surface area (Å²) in [7, 11) is 4.08. The maximum absolute atomic E-state index is 4.67. The molecule has 0 fully saturated rings. The molecule has 2 aromatic heterocycles. The molecule has 0 saturated carbocycles. The van der Waals surface area contributed by atoms with Gasteiger partial charge in [-0.2, -0.15) is 0 Å². The number of rotatable bonds is 3. The van der Waals surface area contributed by atoms with Crippen LogP contribution in [0.3, 0.4) is 0 Å². The quantitative estimate of drug-likeness (QED) is 0.718. The van der Waals surface area contributed by atoms with Gasteiger partial charge < -0.3 is 9.47 Å². The third-order valence-corrected chi connectivity index (χ3v) is 3.30. The van der Waals surface area contributed by atoms with E-state index in [2.05, 4.69) is 32.5 Å². The van der Waals surface area contributed by atoms with Gasteiger partial charge in [0.1, 0.15) is 11.6 Å². The lowest BCUT2D eigenvalue weighted by Gasteiger charge is -2.17. The smallest absolute Gasteiger partial charge is 0.129 e. The molecule has 3 rings (SSSR count). The third kappa shape index (κ3) is 2.17. The molecule has 0 aliphatic carbocycles. The van der Waals surface area contributed by atoms with Crippen molar-refractivity contribution in [3.05, 3.63) is 54.5 Å². The van der Waals surface area contributed by atoms with Crippen molar-refractivity contribution in [2.45, 2.75) is 6.54 Å². The largest absolute Gasteiger partial charge is 0.352 e. The first-order valence-corrected chi connectivity index (χ1v) is 6.28. The summed E-state index contributed by atoms with van der Waals surface area (Å²) < 4.78 is 2.13. The van der Waals surface area contributed by atoms with Gasteiger partial charge in [-0.1, -0.05) is 18.2 Å². The Morgan fingerprint density at radius 1 is 1.11 bits per heavy atom. The molecule has 1 aromatic carbocycles. The fourth-order valence-corrected chi connectivity index (χ4v) is 2.21. The van der Waals surface area contributed by atoms with Gasteiger partial charge in [-0.15, -0.1) is 0 Å². The van der Waals surface area contributed by atoms with Crippen molar-refractivity contribution < 1.29 is 0 Å². The van der Waals surface area contributed by atoms with Crippen LogP contribution in [-0.4, -0.2) is 21.6 Å². The zero-order chi connectivity index (χ0) is 13.2. The highest BCUT2D eigenvalue weighted by Gasteiger charge is 2.10. The molecule has 0 amide bonds. The highest BCUT2D eigenvalue weighted by Crippen LogP contribution is 2.17. The van der Waals surface area contributed by atoms with Gasteiger partial charge in [0.05, 0.1) is 17.6 Å². The van der Waals surface area contributed by atoms with E-state index >= 15 is 0 Å². The first-order valence-electron chi connectivity index (χ1n) is 6.28. The minimum absolute atomic E-state index is 0.738. The first-order chi connectivity index (χ1) is 9.25. The van der Waals surface area contributed by atoms with E-state index in [1.807, 2.05) is 43.4 Å². The van der Waals surface area contributed by atoms with E-state index in [1.54, 1.807) is 6.20 Å². The van der Waals surface area contributed by atoms with E-state index in [0.29, 0.717) is 0 Å². The number of hydrogen-bond acceptors (Lipinski definition) is 3. The molecule has 0 spiro atoms. The van der Waals surface area contributed by atoms with Crippen molar-refractivity contribution in [3.8, 4) is 0 Å². The third-order valence-electron chi connectivity index (χ3n) is 3.30. The van der Waals surface area contributed by atoms with Crippen molar-refractivity contribution in [2.24, 2.45) is 7.05 Å². The monoisotopic (exact) mass is 252 g/mol. The van der Waals surface area contributed by atoms with Gasteiger partial charge in [-0.3, -0.25) is 0 Å². The maximum atomic E-state index is 4.67. The van der Waals surface area contributed by atoms with E-state index in [0.717, 1.165) is 29.2 Å². The van der Waals surface area contributed by atoms with Crippen LogP contribution in [0.5, 0.6) is 0 Å². The van der Waals surface area contributed by atoms with Crippen LogP contribution in [0.25, 0.3) is 11.0 Å². The summed E-state index contributed by atoms with van der Waals surface area (Å²) in [6, 6.07) is 14.1. The Labute approximate surface area is 112 Å². The van der Waals surface area contributed by atoms with Crippen LogP contribution in [-0.2, 0) is 13.6 Å². The predicted octanol–water partition coefficient (Wildman–Crippen LogP) is 2.60. The molecule has 19 heavy (non-hydrogen) atoms. The SMILES string of the molecule is CN(Cc1nc2ccccc2n1C)c1ccccn1. The second kappa shape index (κ2) is 4.72. The van der Waals surface area contributed by atoms with Crippen LogP contribution in [0.1, 0.15) is 5.82 Å². The summed E-state index contributed by atoms with van der Waals surface area (Å²) in [4.78, 5) is 11.1. The molecule has 96 valence electrons. The minimum atomic E-state index is 0.738. The van der Waals surface area contributed by atoms with Gasteiger partial charge in [-0.25, -0.2) is 9.97 Å². The van der Waals surface area contributed by atoms with Gasteiger partial charge in [0.15, 0.2) is 0 Å². The number of hydrogen-bond donors (Lipinski definition) is 0. The first kappa shape index (κ1) is 11.7. The normalized spacial score (nSPS) is 10.8. The zero-order valence-corrected chi connectivity index (χ0v) is 11.1. The Bertz CT molecular complexity index is 688. The standard InChI is InChI=1S/C15H16N4/c1-18(14-9-5-6-10-16-14)11-15-17-12-7-3-4-8-13(12)19(15)2/h3-10H,11H2,1-2H3. The Morgan fingerprint density at radius 2 is 1.89 bits per heavy atom. The molecule has 2 heterocycles. The molecule has 0 aliphatic rings. The van der Waals surface area contributed by atoms with Crippen molar-refractivity contribution in [2.75, 3.05) is 11.9 Å². The van der Waals surface area contributed by atoms with E-state index in [9.17, 15) is 0 Å². The summed E-state index contributed by atoms with van der Waals surface area (Å²) in [5, 5.41) is 0. The molecule has 3 aromatic rings. The van der Waals surface area contributed by atoms with Gasteiger partial charge in [-0.05, 0) is 24.3 Å². The molecular formula is C15H16N4. The fourth-order valence-electron chi connectivity index (χ4n) is 2.21. The number of anilines is 1. The van der Waals surface area contributed by atoms with Crippen molar-refractivity contribution in [1.82, 2.24) is 14.5 Å². The van der Waals surface area contributed by atoms with Crippen LogP contribution in [0.15, 0.2) is 48.7 Å². The number of fused-ring (bicyclic) bond motifs is 1. The lowest BCUT2D eigenvalue weighted by atomic mass is 10.3. The minimum Gasteiger partial charge on any atom is -0.352 e. The Kier molecular flexibility index (Phi) is 2.91. The fraction of sp³-hybridized carbons (Fsp3) is 0.200. The molecule has 0 atom stereocenters. The molecule has 4 heteroatoms. The molecular weight excluding hydrogens is 236 g/mol.